The summed E-state index contributed by atoms with van der Waals surface area (Å²) in [6, 6.07) is 4.26. The van der Waals surface area contributed by atoms with Crippen LogP contribution in [-0.4, -0.2) is 24.4 Å². The molecule has 0 spiro atoms. The number of carbonyl (C=O) groups excluding carboxylic acids is 1. The van der Waals surface area contributed by atoms with Crippen molar-refractivity contribution in [2.24, 2.45) is 5.92 Å². The lowest BCUT2D eigenvalue weighted by molar-refractivity contribution is -0.384. The number of carbonyl (C=O) groups is 1. The Morgan fingerprint density at radius 3 is 2.64 bits per heavy atom. The van der Waals surface area contributed by atoms with Gasteiger partial charge < -0.3 is 10.6 Å². The third-order valence-electron chi connectivity index (χ3n) is 3.82. The molecular formula is C16H25N3O3. The summed E-state index contributed by atoms with van der Waals surface area (Å²) in [7, 11) is 1.69. The number of unbranched alkanes of at least 4 members (excludes halogenated alkanes) is 1. The van der Waals surface area contributed by atoms with Crippen LogP contribution in [-0.2, 0) is 0 Å². The molecule has 0 saturated carbocycles. The highest BCUT2D eigenvalue weighted by Gasteiger charge is 2.17. The van der Waals surface area contributed by atoms with Gasteiger partial charge in [0.1, 0.15) is 0 Å². The molecule has 6 heteroatoms. The predicted octanol–water partition coefficient (Wildman–Crippen LogP) is 3.58. The average Bonchev–Trinajstić information content (AvgIpc) is 2.54. The van der Waals surface area contributed by atoms with E-state index in [1.165, 1.54) is 12.1 Å². The van der Waals surface area contributed by atoms with Crippen LogP contribution < -0.4 is 10.6 Å². The molecule has 0 aliphatic carbocycles. The van der Waals surface area contributed by atoms with Crippen molar-refractivity contribution in [3.63, 3.8) is 0 Å². The highest BCUT2D eigenvalue weighted by molar-refractivity contribution is 6.00. The molecule has 2 N–H and O–H groups in total. The van der Waals surface area contributed by atoms with Crippen molar-refractivity contribution in [2.75, 3.05) is 18.9 Å². The van der Waals surface area contributed by atoms with E-state index in [4.69, 9.17) is 0 Å². The van der Waals surface area contributed by atoms with Crippen molar-refractivity contribution in [1.29, 1.82) is 0 Å². The SMILES string of the molecule is CCCCC(CC)CNC(=O)c1cc([N+](=O)[O-])ccc1NC. The minimum Gasteiger partial charge on any atom is -0.387 e. The number of nitro benzene ring substituents is 1. The highest BCUT2D eigenvalue weighted by atomic mass is 16.6. The molecule has 1 aromatic rings. The van der Waals surface area contributed by atoms with Gasteiger partial charge in [0, 0.05) is 31.4 Å². The van der Waals surface area contributed by atoms with Crippen LogP contribution in [0.4, 0.5) is 11.4 Å². The number of anilines is 1. The highest BCUT2D eigenvalue weighted by Crippen LogP contribution is 2.22. The molecule has 122 valence electrons. The van der Waals surface area contributed by atoms with Crippen molar-refractivity contribution < 1.29 is 9.72 Å². The maximum atomic E-state index is 12.3. The second-order valence-corrected chi connectivity index (χ2v) is 5.36. The van der Waals surface area contributed by atoms with E-state index < -0.39 is 4.92 Å². The molecule has 1 unspecified atom stereocenters. The van der Waals surface area contributed by atoms with E-state index in [9.17, 15) is 14.9 Å². The van der Waals surface area contributed by atoms with Gasteiger partial charge in [-0.1, -0.05) is 33.1 Å². The topological polar surface area (TPSA) is 84.3 Å². The molecule has 6 nitrogen and oxygen atoms in total. The van der Waals surface area contributed by atoms with Crippen LogP contribution in [0.1, 0.15) is 49.9 Å². The average molecular weight is 307 g/mol. The number of nitrogens with zero attached hydrogens (tertiary/aromatic N) is 1. The van der Waals surface area contributed by atoms with Gasteiger partial charge in [-0.15, -0.1) is 0 Å². The van der Waals surface area contributed by atoms with Crippen LogP contribution in [0, 0.1) is 16.0 Å². The Bertz CT molecular complexity index is 517. The van der Waals surface area contributed by atoms with Crippen LogP contribution in [0.2, 0.25) is 0 Å². The third kappa shape index (κ3) is 5.02. The van der Waals surface area contributed by atoms with Crippen molar-refractivity contribution in [3.05, 3.63) is 33.9 Å². The fourth-order valence-electron chi connectivity index (χ4n) is 2.33. The van der Waals surface area contributed by atoms with Gasteiger partial charge in [-0.25, -0.2) is 0 Å². The summed E-state index contributed by atoms with van der Waals surface area (Å²) in [5.41, 5.74) is 0.814. The molecule has 1 aromatic carbocycles. The second kappa shape index (κ2) is 9.02. The number of amides is 1. The van der Waals surface area contributed by atoms with E-state index in [-0.39, 0.29) is 11.6 Å². The summed E-state index contributed by atoms with van der Waals surface area (Å²) in [4.78, 5) is 22.7. The van der Waals surface area contributed by atoms with Crippen LogP contribution in [0.5, 0.6) is 0 Å². The lowest BCUT2D eigenvalue weighted by Gasteiger charge is -2.16. The third-order valence-corrected chi connectivity index (χ3v) is 3.82. The summed E-state index contributed by atoms with van der Waals surface area (Å²) in [6.07, 6.45) is 4.38. The Hall–Kier alpha value is -2.11. The first-order valence-corrected chi connectivity index (χ1v) is 7.77. The van der Waals surface area contributed by atoms with E-state index in [2.05, 4.69) is 24.5 Å². The van der Waals surface area contributed by atoms with Gasteiger partial charge in [0.25, 0.3) is 11.6 Å². The largest absolute Gasteiger partial charge is 0.387 e. The molecule has 0 radical (unpaired) electrons. The Labute approximate surface area is 131 Å². The Kier molecular flexibility index (Phi) is 7.36. The molecule has 1 rings (SSSR count). The molecular weight excluding hydrogens is 282 g/mol. The number of hydrogen-bond acceptors (Lipinski definition) is 4. The van der Waals surface area contributed by atoms with Crippen LogP contribution >= 0.6 is 0 Å². The zero-order valence-electron chi connectivity index (χ0n) is 13.5. The molecule has 22 heavy (non-hydrogen) atoms. The molecule has 1 amide bonds. The van der Waals surface area contributed by atoms with Gasteiger partial charge in [-0.2, -0.15) is 0 Å². The lowest BCUT2D eigenvalue weighted by atomic mass is 9.99. The normalized spacial score (nSPS) is 11.8. The molecule has 0 aliphatic rings. The number of non-ortho nitro benzene ring substituents is 1. The monoisotopic (exact) mass is 307 g/mol. The van der Waals surface area contributed by atoms with E-state index in [1.54, 1.807) is 13.1 Å². The number of nitrogens with one attached hydrogen (secondary N) is 2. The number of benzene rings is 1. The fourth-order valence-corrected chi connectivity index (χ4v) is 2.33. The number of hydrogen-bond donors (Lipinski definition) is 2. The van der Waals surface area contributed by atoms with Crippen molar-refractivity contribution in [2.45, 2.75) is 39.5 Å². The van der Waals surface area contributed by atoms with Gasteiger partial charge in [-0.3, -0.25) is 14.9 Å². The lowest BCUT2D eigenvalue weighted by Crippen LogP contribution is -2.29. The molecule has 0 bridgehead atoms. The first-order valence-electron chi connectivity index (χ1n) is 7.77. The standard InChI is InChI=1S/C16H25N3O3/c1-4-6-7-12(5-2)11-18-16(20)14-10-13(19(21)22)8-9-15(14)17-3/h8-10,12,17H,4-7,11H2,1-3H3,(H,18,20). The maximum Gasteiger partial charge on any atom is 0.270 e. The molecule has 0 heterocycles. The first kappa shape index (κ1) is 17.9. The second-order valence-electron chi connectivity index (χ2n) is 5.36. The summed E-state index contributed by atoms with van der Waals surface area (Å²) in [6.45, 7) is 4.85. The number of rotatable bonds is 9. The van der Waals surface area contributed by atoms with E-state index in [0.29, 0.717) is 23.7 Å². The van der Waals surface area contributed by atoms with E-state index >= 15 is 0 Å². The quantitative estimate of drug-likeness (QED) is 0.539. The minimum absolute atomic E-state index is 0.0813. The zero-order chi connectivity index (χ0) is 16.5. The fraction of sp³-hybridized carbons (Fsp3) is 0.562. The summed E-state index contributed by atoms with van der Waals surface area (Å²) in [5.74, 6) is 0.170. The molecule has 0 aliphatic heterocycles. The van der Waals surface area contributed by atoms with Gasteiger partial charge in [-0.05, 0) is 18.4 Å². The smallest absolute Gasteiger partial charge is 0.270 e. The molecule has 1 atom stereocenters. The Morgan fingerprint density at radius 2 is 2.09 bits per heavy atom. The van der Waals surface area contributed by atoms with Gasteiger partial charge in [0.05, 0.1) is 10.5 Å². The predicted molar refractivity (Wildman–Crippen MR) is 88.3 cm³/mol. The Morgan fingerprint density at radius 1 is 1.36 bits per heavy atom. The summed E-state index contributed by atoms with van der Waals surface area (Å²) >= 11 is 0. The minimum atomic E-state index is -0.494. The van der Waals surface area contributed by atoms with E-state index in [0.717, 1.165) is 25.7 Å². The van der Waals surface area contributed by atoms with Crippen molar-refractivity contribution in [3.8, 4) is 0 Å². The van der Waals surface area contributed by atoms with Gasteiger partial charge in [0.2, 0.25) is 0 Å². The Balaban J connectivity index is 2.79. The summed E-state index contributed by atoms with van der Waals surface area (Å²) in [5, 5.41) is 16.7. The molecule has 0 saturated heterocycles. The first-order chi connectivity index (χ1) is 10.5. The molecule has 0 fully saturated rings. The number of nitro groups is 1. The van der Waals surface area contributed by atoms with Gasteiger partial charge >= 0.3 is 0 Å². The van der Waals surface area contributed by atoms with Gasteiger partial charge in [0.15, 0.2) is 0 Å². The maximum absolute atomic E-state index is 12.3. The van der Waals surface area contributed by atoms with Crippen molar-refractivity contribution in [1.82, 2.24) is 5.32 Å². The van der Waals surface area contributed by atoms with Crippen LogP contribution in [0.3, 0.4) is 0 Å². The van der Waals surface area contributed by atoms with E-state index in [1.807, 2.05) is 0 Å². The molecule has 0 aromatic heterocycles. The van der Waals surface area contributed by atoms with Crippen LogP contribution in [0.15, 0.2) is 18.2 Å². The van der Waals surface area contributed by atoms with Crippen LogP contribution in [0.25, 0.3) is 0 Å². The zero-order valence-corrected chi connectivity index (χ0v) is 13.5. The van der Waals surface area contributed by atoms with Crippen molar-refractivity contribution >= 4 is 17.3 Å². The summed E-state index contributed by atoms with van der Waals surface area (Å²) < 4.78 is 0.